The van der Waals surface area contributed by atoms with Crippen LogP contribution in [0.3, 0.4) is 0 Å². The summed E-state index contributed by atoms with van der Waals surface area (Å²) in [4.78, 5) is 12.8. The quantitative estimate of drug-likeness (QED) is 0.846. The normalized spacial score (nSPS) is 20.4. The number of hydrogen-bond donors (Lipinski definition) is 1. The summed E-state index contributed by atoms with van der Waals surface area (Å²) < 4.78 is 0. The highest BCUT2D eigenvalue weighted by Crippen LogP contribution is 2.27. The first-order valence-electron chi connectivity index (χ1n) is 5.69. The molecule has 86 valence electrons. The number of aliphatic carboxylic acids is 1. The summed E-state index contributed by atoms with van der Waals surface area (Å²) in [7, 11) is 0. The fraction of sp³-hybridized carbons (Fsp3) is 0.462. The molecule has 3 heteroatoms. The molecule has 0 bridgehead atoms. The summed E-state index contributed by atoms with van der Waals surface area (Å²) in [6, 6.07) is 8.43. The van der Waals surface area contributed by atoms with Crippen molar-refractivity contribution < 1.29 is 9.90 Å². The molecule has 1 aliphatic heterocycles. The number of nitrogens with zero attached hydrogens (tertiary/aromatic N) is 1. The topological polar surface area (TPSA) is 40.5 Å². The van der Waals surface area contributed by atoms with Crippen LogP contribution in [0.15, 0.2) is 24.3 Å². The SMILES string of the molecule is CC1CN(CCC(=O)O)Cc2ccccc21. The molecule has 0 radical (unpaired) electrons. The molecular formula is C13H17NO2. The Balaban J connectivity index is 2.06. The Labute approximate surface area is 95.7 Å². The molecule has 0 spiro atoms. The van der Waals surface area contributed by atoms with Crippen LogP contribution in [0.5, 0.6) is 0 Å². The molecule has 16 heavy (non-hydrogen) atoms. The Morgan fingerprint density at radius 3 is 3.00 bits per heavy atom. The smallest absolute Gasteiger partial charge is 0.304 e. The van der Waals surface area contributed by atoms with Crippen molar-refractivity contribution in [1.82, 2.24) is 4.90 Å². The first-order valence-corrected chi connectivity index (χ1v) is 5.69. The van der Waals surface area contributed by atoms with E-state index in [9.17, 15) is 4.79 Å². The van der Waals surface area contributed by atoms with Crippen LogP contribution < -0.4 is 0 Å². The van der Waals surface area contributed by atoms with Gasteiger partial charge in [-0.1, -0.05) is 31.2 Å². The molecule has 0 fully saturated rings. The van der Waals surface area contributed by atoms with Crippen LogP contribution in [0.25, 0.3) is 0 Å². The molecule has 1 unspecified atom stereocenters. The van der Waals surface area contributed by atoms with Gasteiger partial charge in [-0.2, -0.15) is 0 Å². The van der Waals surface area contributed by atoms with E-state index >= 15 is 0 Å². The minimum Gasteiger partial charge on any atom is -0.481 e. The van der Waals surface area contributed by atoms with E-state index in [1.54, 1.807) is 0 Å². The molecule has 1 aromatic carbocycles. The first-order chi connectivity index (χ1) is 7.66. The largest absolute Gasteiger partial charge is 0.481 e. The number of hydrogen-bond acceptors (Lipinski definition) is 2. The van der Waals surface area contributed by atoms with E-state index in [1.165, 1.54) is 11.1 Å². The standard InChI is InChI=1S/C13H17NO2/c1-10-8-14(7-6-13(15)16)9-11-4-2-3-5-12(10)11/h2-5,10H,6-9H2,1H3,(H,15,16). The van der Waals surface area contributed by atoms with Gasteiger partial charge < -0.3 is 5.11 Å². The van der Waals surface area contributed by atoms with Crippen molar-refractivity contribution >= 4 is 5.97 Å². The van der Waals surface area contributed by atoms with Crippen LogP contribution in [-0.2, 0) is 11.3 Å². The number of carbonyl (C=O) groups is 1. The highest BCUT2D eigenvalue weighted by atomic mass is 16.4. The zero-order valence-corrected chi connectivity index (χ0v) is 9.52. The fourth-order valence-electron chi connectivity index (χ4n) is 2.37. The molecule has 1 aromatic rings. The predicted octanol–water partition coefficient (Wildman–Crippen LogP) is 2.08. The lowest BCUT2D eigenvalue weighted by Crippen LogP contribution is -2.34. The van der Waals surface area contributed by atoms with Crippen LogP contribution in [-0.4, -0.2) is 29.1 Å². The van der Waals surface area contributed by atoms with Crippen molar-refractivity contribution in [3.05, 3.63) is 35.4 Å². The van der Waals surface area contributed by atoms with E-state index in [0.29, 0.717) is 12.5 Å². The van der Waals surface area contributed by atoms with E-state index in [0.717, 1.165) is 13.1 Å². The number of carboxylic acids is 1. The Kier molecular flexibility index (Phi) is 3.25. The fourth-order valence-corrected chi connectivity index (χ4v) is 2.37. The molecule has 1 aliphatic rings. The van der Waals surface area contributed by atoms with Crippen molar-refractivity contribution in [2.45, 2.75) is 25.8 Å². The van der Waals surface area contributed by atoms with Gasteiger partial charge in [0.05, 0.1) is 6.42 Å². The van der Waals surface area contributed by atoms with Gasteiger partial charge in [0.25, 0.3) is 0 Å². The summed E-state index contributed by atoms with van der Waals surface area (Å²) in [6.45, 7) is 4.69. The Bertz CT molecular complexity index is 389. The lowest BCUT2D eigenvalue weighted by atomic mass is 9.91. The van der Waals surface area contributed by atoms with Crippen molar-refractivity contribution in [3.63, 3.8) is 0 Å². The average Bonchev–Trinajstić information content (AvgIpc) is 2.26. The minimum absolute atomic E-state index is 0.231. The van der Waals surface area contributed by atoms with Gasteiger partial charge in [0, 0.05) is 19.6 Å². The van der Waals surface area contributed by atoms with E-state index < -0.39 is 5.97 Å². The highest BCUT2D eigenvalue weighted by molar-refractivity contribution is 5.66. The van der Waals surface area contributed by atoms with Gasteiger partial charge in [0.2, 0.25) is 0 Å². The second-order valence-electron chi connectivity index (χ2n) is 4.48. The van der Waals surface area contributed by atoms with Crippen LogP contribution in [0.4, 0.5) is 0 Å². The molecule has 1 N–H and O–H groups in total. The molecular weight excluding hydrogens is 202 g/mol. The maximum Gasteiger partial charge on any atom is 0.304 e. The molecule has 0 amide bonds. The summed E-state index contributed by atoms with van der Waals surface area (Å²) in [5.41, 5.74) is 2.75. The van der Waals surface area contributed by atoms with Gasteiger partial charge in [-0.3, -0.25) is 9.69 Å². The molecule has 0 saturated carbocycles. The van der Waals surface area contributed by atoms with Gasteiger partial charge in [0.1, 0.15) is 0 Å². The van der Waals surface area contributed by atoms with Crippen LogP contribution in [0.1, 0.15) is 30.4 Å². The van der Waals surface area contributed by atoms with Crippen LogP contribution >= 0.6 is 0 Å². The molecule has 0 aromatic heterocycles. The predicted molar refractivity (Wildman–Crippen MR) is 62.4 cm³/mol. The second kappa shape index (κ2) is 4.66. The lowest BCUT2D eigenvalue weighted by Gasteiger charge is -2.32. The number of fused-ring (bicyclic) bond motifs is 1. The van der Waals surface area contributed by atoms with Crippen molar-refractivity contribution in [1.29, 1.82) is 0 Å². The summed E-state index contributed by atoms with van der Waals surface area (Å²) in [5.74, 6) is -0.217. The maximum absolute atomic E-state index is 10.5. The van der Waals surface area contributed by atoms with E-state index in [4.69, 9.17) is 5.11 Å². The maximum atomic E-state index is 10.5. The van der Waals surface area contributed by atoms with Crippen LogP contribution in [0, 0.1) is 0 Å². The molecule has 3 nitrogen and oxygen atoms in total. The average molecular weight is 219 g/mol. The van der Waals surface area contributed by atoms with E-state index in [-0.39, 0.29) is 6.42 Å². The van der Waals surface area contributed by atoms with Gasteiger partial charge in [-0.05, 0) is 17.0 Å². The zero-order valence-electron chi connectivity index (χ0n) is 9.52. The highest BCUT2D eigenvalue weighted by Gasteiger charge is 2.21. The minimum atomic E-state index is -0.716. The van der Waals surface area contributed by atoms with Crippen molar-refractivity contribution in [2.24, 2.45) is 0 Å². The van der Waals surface area contributed by atoms with Crippen LogP contribution in [0.2, 0.25) is 0 Å². The molecule has 1 atom stereocenters. The monoisotopic (exact) mass is 219 g/mol. The molecule has 1 heterocycles. The molecule has 2 rings (SSSR count). The summed E-state index contributed by atoms with van der Waals surface area (Å²) >= 11 is 0. The second-order valence-corrected chi connectivity index (χ2v) is 4.48. The number of carboxylic acid groups (broad SMARTS) is 1. The first kappa shape index (κ1) is 11.1. The van der Waals surface area contributed by atoms with E-state index in [1.807, 2.05) is 6.07 Å². The lowest BCUT2D eigenvalue weighted by molar-refractivity contribution is -0.137. The van der Waals surface area contributed by atoms with Gasteiger partial charge in [-0.25, -0.2) is 0 Å². The van der Waals surface area contributed by atoms with Gasteiger partial charge in [-0.15, -0.1) is 0 Å². The summed E-state index contributed by atoms with van der Waals surface area (Å²) in [6.07, 6.45) is 0.231. The zero-order chi connectivity index (χ0) is 11.5. The van der Waals surface area contributed by atoms with Gasteiger partial charge in [0.15, 0.2) is 0 Å². The number of benzene rings is 1. The third-order valence-corrected chi connectivity index (χ3v) is 3.15. The Morgan fingerprint density at radius 1 is 1.50 bits per heavy atom. The summed E-state index contributed by atoms with van der Waals surface area (Å²) in [5, 5.41) is 8.68. The third kappa shape index (κ3) is 2.42. The third-order valence-electron chi connectivity index (χ3n) is 3.15. The molecule has 0 aliphatic carbocycles. The van der Waals surface area contributed by atoms with E-state index in [2.05, 4.69) is 30.0 Å². The van der Waals surface area contributed by atoms with Gasteiger partial charge >= 0.3 is 5.97 Å². The Hall–Kier alpha value is -1.35. The van der Waals surface area contributed by atoms with Crippen molar-refractivity contribution in [2.75, 3.05) is 13.1 Å². The van der Waals surface area contributed by atoms with Crippen molar-refractivity contribution in [3.8, 4) is 0 Å². The molecule has 0 saturated heterocycles. The number of rotatable bonds is 3. The Morgan fingerprint density at radius 2 is 2.25 bits per heavy atom.